The number of likely N-dealkylation sites (tertiary alicyclic amines) is 1. The van der Waals surface area contributed by atoms with Crippen molar-refractivity contribution in [3.8, 4) is 11.5 Å². The number of halogens is 1. The summed E-state index contributed by atoms with van der Waals surface area (Å²) in [5.41, 5.74) is 0.660. The molecule has 116 valence electrons. The van der Waals surface area contributed by atoms with E-state index in [-0.39, 0.29) is 5.91 Å². The van der Waals surface area contributed by atoms with Crippen molar-refractivity contribution >= 4 is 17.5 Å². The molecule has 1 amide bonds. The van der Waals surface area contributed by atoms with E-state index in [0.29, 0.717) is 17.1 Å². The van der Waals surface area contributed by atoms with Gasteiger partial charge in [-0.3, -0.25) is 4.79 Å². The quantitative estimate of drug-likeness (QED) is 0.800. The number of carbonyl (C=O) groups excluding carboxylic acids is 1. The Morgan fingerprint density at radius 1 is 1.14 bits per heavy atom. The van der Waals surface area contributed by atoms with Gasteiger partial charge in [0.25, 0.3) is 0 Å². The number of alkyl halides is 1. The van der Waals surface area contributed by atoms with E-state index in [0.717, 1.165) is 25.9 Å². The zero-order valence-electron chi connectivity index (χ0n) is 12.6. The number of amides is 1. The molecule has 1 atom stereocenters. The second-order valence-electron chi connectivity index (χ2n) is 5.18. The monoisotopic (exact) mass is 311 g/mol. The van der Waals surface area contributed by atoms with Gasteiger partial charge in [0.15, 0.2) is 11.5 Å². The van der Waals surface area contributed by atoms with E-state index in [2.05, 4.69) is 0 Å². The number of nitrogens with zero attached hydrogens (tertiary/aromatic N) is 1. The topological polar surface area (TPSA) is 38.8 Å². The predicted molar refractivity (Wildman–Crippen MR) is 83.2 cm³/mol. The van der Waals surface area contributed by atoms with Gasteiger partial charge in [0.1, 0.15) is 5.38 Å². The zero-order valence-corrected chi connectivity index (χ0v) is 13.4. The Bertz CT molecular complexity index is 484. The number of carbonyl (C=O) groups is 1. The minimum absolute atomic E-state index is 0.0508. The van der Waals surface area contributed by atoms with Crippen LogP contribution in [0.1, 0.15) is 36.6 Å². The van der Waals surface area contributed by atoms with Gasteiger partial charge < -0.3 is 14.4 Å². The highest BCUT2D eigenvalue weighted by Gasteiger charge is 2.28. The second kappa shape index (κ2) is 7.55. The van der Waals surface area contributed by atoms with Gasteiger partial charge in [0, 0.05) is 18.7 Å². The van der Waals surface area contributed by atoms with Crippen molar-refractivity contribution in [1.82, 2.24) is 4.90 Å². The average molecular weight is 312 g/mol. The van der Waals surface area contributed by atoms with Crippen LogP contribution in [-0.4, -0.2) is 38.1 Å². The first kappa shape index (κ1) is 16.0. The van der Waals surface area contributed by atoms with Crippen molar-refractivity contribution < 1.29 is 14.3 Å². The number of hydrogen-bond acceptors (Lipinski definition) is 3. The molecule has 0 N–H and O–H groups in total. The predicted octanol–water partition coefficient (Wildman–Crippen LogP) is 3.39. The van der Waals surface area contributed by atoms with Crippen LogP contribution in [0.3, 0.4) is 0 Å². The Balaban J connectivity index is 2.22. The normalized spacial score (nSPS) is 17.0. The molecule has 1 saturated heterocycles. The molecular formula is C16H22ClNO3. The van der Waals surface area contributed by atoms with Gasteiger partial charge in [-0.2, -0.15) is 0 Å². The van der Waals surface area contributed by atoms with E-state index in [4.69, 9.17) is 21.1 Å². The summed E-state index contributed by atoms with van der Waals surface area (Å²) in [4.78, 5) is 14.5. The minimum atomic E-state index is -0.742. The Morgan fingerprint density at radius 2 is 1.81 bits per heavy atom. The number of para-hydroxylation sites is 1. The van der Waals surface area contributed by atoms with Gasteiger partial charge in [-0.25, -0.2) is 0 Å². The van der Waals surface area contributed by atoms with Crippen LogP contribution in [0.25, 0.3) is 0 Å². The molecule has 1 unspecified atom stereocenters. The number of rotatable bonds is 4. The van der Waals surface area contributed by atoms with Crippen molar-refractivity contribution in [2.24, 2.45) is 0 Å². The van der Waals surface area contributed by atoms with Crippen molar-refractivity contribution in [1.29, 1.82) is 0 Å². The van der Waals surface area contributed by atoms with Gasteiger partial charge in [-0.15, -0.1) is 11.6 Å². The fourth-order valence-corrected chi connectivity index (χ4v) is 3.01. The minimum Gasteiger partial charge on any atom is -0.493 e. The summed E-state index contributed by atoms with van der Waals surface area (Å²) >= 11 is 6.43. The molecule has 21 heavy (non-hydrogen) atoms. The Labute approximate surface area is 131 Å². The Hall–Kier alpha value is -1.42. The van der Waals surface area contributed by atoms with Gasteiger partial charge in [0.05, 0.1) is 14.2 Å². The number of hydrogen-bond donors (Lipinski definition) is 0. The van der Waals surface area contributed by atoms with E-state index < -0.39 is 5.38 Å². The highest BCUT2D eigenvalue weighted by molar-refractivity contribution is 6.31. The molecule has 5 heteroatoms. The van der Waals surface area contributed by atoms with Crippen LogP contribution in [0.15, 0.2) is 18.2 Å². The summed E-state index contributed by atoms with van der Waals surface area (Å²) in [7, 11) is 3.13. The molecule has 0 aromatic heterocycles. The standard InChI is InChI=1S/C16H22ClNO3/c1-20-13-9-7-8-12(15(13)21-2)14(17)16(19)18-10-5-3-4-6-11-18/h7-9,14H,3-6,10-11H2,1-2H3. The molecule has 0 aliphatic carbocycles. The summed E-state index contributed by atoms with van der Waals surface area (Å²) in [5, 5.41) is -0.742. The molecule has 1 heterocycles. The summed E-state index contributed by atoms with van der Waals surface area (Å²) in [6.07, 6.45) is 4.45. The first-order chi connectivity index (χ1) is 10.2. The van der Waals surface area contributed by atoms with Crippen LogP contribution >= 0.6 is 11.6 Å². The molecule has 4 nitrogen and oxygen atoms in total. The van der Waals surface area contributed by atoms with Gasteiger partial charge in [0.2, 0.25) is 5.91 Å². The van der Waals surface area contributed by atoms with E-state index >= 15 is 0 Å². The highest BCUT2D eigenvalue weighted by atomic mass is 35.5. The molecule has 1 aromatic carbocycles. The lowest BCUT2D eigenvalue weighted by atomic mass is 10.1. The molecule has 1 aliphatic heterocycles. The molecule has 0 radical (unpaired) electrons. The van der Waals surface area contributed by atoms with Crippen molar-refractivity contribution in [3.05, 3.63) is 23.8 Å². The van der Waals surface area contributed by atoms with Gasteiger partial charge >= 0.3 is 0 Å². The maximum Gasteiger partial charge on any atom is 0.245 e. The van der Waals surface area contributed by atoms with Gasteiger partial charge in [-0.05, 0) is 18.9 Å². The summed E-state index contributed by atoms with van der Waals surface area (Å²) in [5.74, 6) is 1.07. The third-order valence-corrected chi connectivity index (χ3v) is 4.26. The number of methoxy groups -OCH3 is 2. The Morgan fingerprint density at radius 3 is 2.38 bits per heavy atom. The number of ether oxygens (including phenoxy) is 2. The first-order valence-corrected chi connectivity index (χ1v) is 7.76. The Kier molecular flexibility index (Phi) is 5.74. The molecule has 2 rings (SSSR count). The zero-order chi connectivity index (χ0) is 15.2. The highest BCUT2D eigenvalue weighted by Crippen LogP contribution is 2.38. The molecule has 1 aliphatic rings. The number of benzene rings is 1. The maximum absolute atomic E-state index is 12.6. The smallest absolute Gasteiger partial charge is 0.245 e. The summed E-state index contributed by atoms with van der Waals surface area (Å²) in [6, 6.07) is 5.43. The molecule has 1 aromatic rings. The fourth-order valence-electron chi connectivity index (χ4n) is 2.70. The van der Waals surface area contributed by atoms with E-state index in [1.807, 2.05) is 17.0 Å². The van der Waals surface area contributed by atoms with Crippen molar-refractivity contribution in [3.63, 3.8) is 0 Å². The molecule has 0 bridgehead atoms. The fraction of sp³-hybridized carbons (Fsp3) is 0.562. The van der Waals surface area contributed by atoms with Crippen molar-refractivity contribution in [2.45, 2.75) is 31.1 Å². The lowest BCUT2D eigenvalue weighted by molar-refractivity contribution is -0.130. The lowest BCUT2D eigenvalue weighted by Gasteiger charge is -2.24. The molecule has 1 fully saturated rings. The lowest BCUT2D eigenvalue weighted by Crippen LogP contribution is -2.34. The third kappa shape index (κ3) is 3.62. The first-order valence-electron chi connectivity index (χ1n) is 7.32. The molecule has 0 spiro atoms. The van der Waals surface area contributed by atoms with E-state index in [1.54, 1.807) is 20.3 Å². The van der Waals surface area contributed by atoms with Crippen LogP contribution in [0.2, 0.25) is 0 Å². The van der Waals surface area contributed by atoms with E-state index in [9.17, 15) is 4.79 Å². The average Bonchev–Trinajstić information content (AvgIpc) is 2.81. The maximum atomic E-state index is 12.6. The van der Waals surface area contributed by atoms with Crippen molar-refractivity contribution in [2.75, 3.05) is 27.3 Å². The van der Waals surface area contributed by atoms with Crippen LogP contribution in [0, 0.1) is 0 Å². The molecular weight excluding hydrogens is 290 g/mol. The largest absolute Gasteiger partial charge is 0.493 e. The molecule has 0 saturated carbocycles. The van der Waals surface area contributed by atoms with Crippen LogP contribution in [0.5, 0.6) is 11.5 Å². The third-order valence-electron chi connectivity index (χ3n) is 3.84. The summed E-state index contributed by atoms with van der Waals surface area (Å²) < 4.78 is 10.6. The SMILES string of the molecule is COc1cccc(C(Cl)C(=O)N2CCCCCC2)c1OC. The summed E-state index contributed by atoms with van der Waals surface area (Å²) in [6.45, 7) is 1.57. The van der Waals surface area contributed by atoms with Crippen LogP contribution < -0.4 is 9.47 Å². The van der Waals surface area contributed by atoms with Crippen LogP contribution in [0.4, 0.5) is 0 Å². The van der Waals surface area contributed by atoms with Gasteiger partial charge in [-0.1, -0.05) is 25.0 Å². The van der Waals surface area contributed by atoms with E-state index in [1.165, 1.54) is 12.8 Å². The van der Waals surface area contributed by atoms with Crippen LogP contribution in [-0.2, 0) is 4.79 Å². The second-order valence-corrected chi connectivity index (χ2v) is 5.62.